The number of benzene rings is 2. The summed E-state index contributed by atoms with van der Waals surface area (Å²) >= 11 is 1.57. The monoisotopic (exact) mass is 422 g/mol. The third-order valence-corrected chi connectivity index (χ3v) is 5.05. The van der Waals surface area contributed by atoms with Gasteiger partial charge in [-0.15, -0.1) is 11.3 Å². The van der Waals surface area contributed by atoms with Gasteiger partial charge in [0, 0.05) is 17.0 Å². The first kappa shape index (κ1) is 21.3. The van der Waals surface area contributed by atoms with Crippen LogP contribution in [0.25, 0.3) is 6.08 Å². The maximum Gasteiger partial charge on any atom is 0.333 e. The van der Waals surface area contributed by atoms with Crippen LogP contribution in [-0.4, -0.2) is 24.0 Å². The quantitative estimate of drug-likeness (QED) is 0.437. The van der Waals surface area contributed by atoms with Crippen LogP contribution < -0.4 is 10.1 Å². The molecule has 3 rings (SSSR count). The summed E-state index contributed by atoms with van der Waals surface area (Å²) in [5.41, 5.74) is 2.25. The van der Waals surface area contributed by atoms with E-state index in [4.69, 9.17) is 9.47 Å². The molecule has 0 aliphatic heterocycles. The molecule has 0 spiro atoms. The number of ether oxygens (including phenoxy) is 2. The Balaban J connectivity index is 1.68. The average molecular weight is 423 g/mol. The molecule has 0 aliphatic carbocycles. The molecule has 7 heteroatoms. The highest BCUT2D eigenvalue weighted by Gasteiger charge is 2.22. The van der Waals surface area contributed by atoms with E-state index < -0.39 is 17.9 Å². The summed E-state index contributed by atoms with van der Waals surface area (Å²) in [4.78, 5) is 29.0. The molecular formula is C23H22N2O4S. The zero-order valence-electron chi connectivity index (χ0n) is 16.7. The Hall–Kier alpha value is -3.45. The second kappa shape index (κ2) is 10.4. The SMILES string of the molecule is COC(=O)C(NC(=O)/C=C/c1ccccc1OCc1csc(C)n1)c1ccccc1. The van der Waals surface area contributed by atoms with Crippen LogP contribution in [0.15, 0.2) is 66.1 Å². The molecule has 1 amide bonds. The molecule has 0 saturated heterocycles. The minimum absolute atomic E-state index is 0.347. The van der Waals surface area contributed by atoms with E-state index in [-0.39, 0.29) is 0 Å². The summed E-state index contributed by atoms with van der Waals surface area (Å²) in [5.74, 6) is -0.316. The van der Waals surface area contributed by atoms with Crippen molar-refractivity contribution in [1.82, 2.24) is 10.3 Å². The lowest BCUT2D eigenvalue weighted by Crippen LogP contribution is -2.33. The standard InChI is InChI=1S/C23H22N2O4S/c1-16-24-19(15-30-16)14-29-20-11-7-6-8-17(20)12-13-21(26)25-22(23(27)28-2)18-9-4-3-5-10-18/h3-13,15,22H,14H2,1-2H3,(H,25,26)/b13-12+. The first-order valence-corrected chi connectivity index (χ1v) is 10.2. The molecule has 0 bridgehead atoms. The third kappa shape index (κ3) is 5.78. The molecule has 3 aromatic rings. The largest absolute Gasteiger partial charge is 0.487 e. The summed E-state index contributed by atoms with van der Waals surface area (Å²) in [6, 6.07) is 15.5. The zero-order valence-corrected chi connectivity index (χ0v) is 17.5. The molecule has 1 aromatic heterocycles. The molecule has 30 heavy (non-hydrogen) atoms. The van der Waals surface area contributed by atoms with Crippen LogP contribution >= 0.6 is 11.3 Å². The number of carbonyl (C=O) groups excluding carboxylic acids is 2. The second-order valence-electron chi connectivity index (χ2n) is 6.39. The van der Waals surface area contributed by atoms with Gasteiger partial charge in [0.15, 0.2) is 6.04 Å². The summed E-state index contributed by atoms with van der Waals surface area (Å²) in [6.07, 6.45) is 3.02. The Morgan fingerprint density at radius 2 is 1.87 bits per heavy atom. The van der Waals surface area contributed by atoms with E-state index in [0.29, 0.717) is 17.9 Å². The first-order valence-electron chi connectivity index (χ1n) is 9.31. The number of methoxy groups -OCH3 is 1. The van der Waals surface area contributed by atoms with Crippen LogP contribution in [0.3, 0.4) is 0 Å². The van der Waals surface area contributed by atoms with Crippen LogP contribution in [-0.2, 0) is 20.9 Å². The van der Waals surface area contributed by atoms with Crippen molar-refractivity contribution in [2.24, 2.45) is 0 Å². The van der Waals surface area contributed by atoms with Gasteiger partial charge in [0.05, 0.1) is 17.8 Å². The smallest absolute Gasteiger partial charge is 0.333 e. The van der Waals surface area contributed by atoms with Crippen LogP contribution in [0.1, 0.15) is 27.9 Å². The molecule has 2 aromatic carbocycles. The number of thiazole rings is 1. The fourth-order valence-electron chi connectivity index (χ4n) is 2.77. The Labute approximate surface area is 179 Å². The van der Waals surface area contributed by atoms with E-state index in [1.807, 2.05) is 42.6 Å². The van der Waals surface area contributed by atoms with Gasteiger partial charge >= 0.3 is 5.97 Å². The molecule has 1 N–H and O–H groups in total. The van der Waals surface area contributed by atoms with Gasteiger partial charge in [-0.2, -0.15) is 0 Å². The van der Waals surface area contributed by atoms with E-state index in [9.17, 15) is 9.59 Å². The first-order chi connectivity index (χ1) is 14.6. The van der Waals surface area contributed by atoms with E-state index in [1.54, 1.807) is 41.7 Å². The highest BCUT2D eigenvalue weighted by molar-refractivity contribution is 7.09. The molecule has 154 valence electrons. The van der Waals surface area contributed by atoms with E-state index >= 15 is 0 Å². The summed E-state index contributed by atoms with van der Waals surface area (Å²) in [6.45, 7) is 2.29. The van der Waals surface area contributed by atoms with Crippen molar-refractivity contribution < 1.29 is 19.1 Å². The normalized spacial score (nSPS) is 11.8. The van der Waals surface area contributed by atoms with Gasteiger partial charge in [-0.05, 0) is 24.6 Å². The van der Waals surface area contributed by atoms with Gasteiger partial charge < -0.3 is 14.8 Å². The van der Waals surface area contributed by atoms with Crippen molar-refractivity contribution >= 4 is 29.3 Å². The van der Waals surface area contributed by atoms with Crippen molar-refractivity contribution in [2.45, 2.75) is 19.6 Å². The molecule has 1 atom stereocenters. The Kier molecular flexibility index (Phi) is 7.34. The highest BCUT2D eigenvalue weighted by atomic mass is 32.1. The molecule has 0 aliphatic rings. The molecular weight excluding hydrogens is 400 g/mol. The van der Waals surface area contributed by atoms with Crippen LogP contribution in [0.2, 0.25) is 0 Å². The predicted molar refractivity (Wildman–Crippen MR) is 116 cm³/mol. The van der Waals surface area contributed by atoms with Gasteiger partial charge in [-0.3, -0.25) is 4.79 Å². The van der Waals surface area contributed by atoms with Crippen LogP contribution in [0.5, 0.6) is 5.75 Å². The van der Waals surface area contributed by atoms with E-state index in [2.05, 4.69) is 10.3 Å². The minimum atomic E-state index is -0.882. The molecule has 1 heterocycles. The van der Waals surface area contributed by atoms with Crippen molar-refractivity contribution in [3.63, 3.8) is 0 Å². The molecule has 0 radical (unpaired) electrons. The van der Waals surface area contributed by atoms with Crippen LogP contribution in [0.4, 0.5) is 0 Å². The number of hydrogen-bond acceptors (Lipinski definition) is 6. The molecule has 0 saturated carbocycles. The van der Waals surface area contributed by atoms with Crippen LogP contribution in [0, 0.1) is 6.92 Å². The fraction of sp³-hybridized carbons (Fsp3) is 0.174. The number of hydrogen-bond donors (Lipinski definition) is 1. The Morgan fingerprint density at radius 3 is 2.57 bits per heavy atom. The van der Waals surface area contributed by atoms with Gasteiger partial charge in [0.1, 0.15) is 12.4 Å². The van der Waals surface area contributed by atoms with Gasteiger partial charge in [0.2, 0.25) is 5.91 Å². The number of esters is 1. The maximum atomic E-state index is 12.5. The summed E-state index contributed by atoms with van der Waals surface area (Å²) < 4.78 is 10.7. The van der Waals surface area contributed by atoms with Crippen molar-refractivity contribution in [1.29, 1.82) is 0 Å². The van der Waals surface area contributed by atoms with Gasteiger partial charge in [-0.1, -0.05) is 48.5 Å². The number of nitrogens with zero attached hydrogens (tertiary/aromatic N) is 1. The lowest BCUT2D eigenvalue weighted by molar-refractivity contribution is -0.144. The predicted octanol–water partition coefficient (Wildman–Crippen LogP) is 4.07. The Bertz CT molecular complexity index is 1030. The van der Waals surface area contributed by atoms with Crippen molar-refractivity contribution in [3.05, 3.63) is 87.9 Å². The summed E-state index contributed by atoms with van der Waals surface area (Å²) in [5, 5.41) is 5.62. The number of amides is 1. The topological polar surface area (TPSA) is 77.5 Å². The molecule has 6 nitrogen and oxygen atoms in total. The van der Waals surface area contributed by atoms with Crippen molar-refractivity contribution in [3.8, 4) is 5.75 Å². The number of nitrogens with one attached hydrogen (secondary N) is 1. The number of aromatic nitrogens is 1. The number of para-hydroxylation sites is 1. The number of aryl methyl sites for hydroxylation is 1. The van der Waals surface area contributed by atoms with Gasteiger partial charge in [-0.25, -0.2) is 9.78 Å². The average Bonchev–Trinajstić information content (AvgIpc) is 3.20. The van der Waals surface area contributed by atoms with E-state index in [1.165, 1.54) is 13.2 Å². The third-order valence-electron chi connectivity index (χ3n) is 4.23. The second-order valence-corrected chi connectivity index (χ2v) is 7.46. The van der Waals surface area contributed by atoms with Crippen molar-refractivity contribution in [2.75, 3.05) is 7.11 Å². The minimum Gasteiger partial charge on any atom is -0.487 e. The van der Waals surface area contributed by atoms with Gasteiger partial charge in [0.25, 0.3) is 0 Å². The number of carbonyl (C=O) groups is 2. The summed E-state index contributed by atoms with van der Waals surface area (Å²) in [7, 11) is 1.29. The number of rotatable bonds is 8. The fourth-order valence-corrected chi connectivity index (χ4v) is 3.37. The zero-order chi connectivity index (χ0) is 21.3. The molecule has 1 unspecified atom stereocenters. The lowest BCUT2D eigenvalue weighted by Gasteiger charge is -2.15. The van der Waals surface area contributed by atoms with E-state index in [0.717, 1.165) is 16.3 Å². The highest BCUT2D eigenvalue weighted by Crippen LogP contribution is 2.21. The maximum absolute atomic E-state index is 12.5. The Morgan fingerprint density at radius 1 is 1.13 bits per heavy atom. The lowest BCUT2D eigenvalue weighted by atomic mass is 10.1. The molecule has 0 fully saturated rings.